The van der Waals surface area contributed by atoms with Crippen molar-refractivity contribution in [3.8, 4) is 0 Å². The molecule has 102 valence electrons. The van der Waals surface area contributed by atoms with E-state index in [0.29, 0.717) is 10.8 Å². The van der Waals surface area contributed by atoms with Gasteiger partial charge in [0.1, 0.15) is 0 Å². The van der Waals surface area contributed by atoms with Gasteiger partial charge in [-0.2, -0.15) is 0 Å². The Morgan fingerprint density at radius 1 is 1.30 bits per heavy atom. The molecule has 1 unspecified atom stereocenters. The first kappa shape index (κ1) is 13.2. The summed E-state index contributed by atoms with van der Waals surface area (Å²) in [5.74, 6) is -0.0845. The van der Waals surface area contributed by atoms with E-state index in [0.717, 1.165) is 28.9 Å². The van der Waals surface area contributed by atoms with Gasteiger partial charge in [0.15, 0.2) is 5.17 Å². The fourth-order valence-electron chi connectivity index (χ4n) is 2.20. The van der Waals surface area contributed by atoms with E-state index in [1.165, 1.54) is 0 Å². The van der Waals surface area contributed by atoms with Gasteiger partial charge < -0.3 is 5.32 Å². The second-order valence-electron chi connectivity index (χ2n) is 4.81. The van der Waals surface area contributed by atoms with Crippen molar-refractivity contribution in [3.63, 3.8) is 0 Å². The van der Waals surface area contributed by atoms with E-state index < -0.39 is 0 Å². The average Bonchev–Trinajstić information content (AvgIpc) is 2.94. The van der Waals surface area contributed by atoms with E-state index in [4.69, 9.17) is 0 Å². The van der Waals surface area contributed by atoms with Gasteiger partial charge in [-0.3, -0.25) is 9.79 Å². The zero-order valence-corrected chi connectivity index (χ0v) is 12.1. The quantitative estimate of drug-likeness (QED) is 0.917. The molecule has 20 heavy (non-hydrogen) atoms. The second-order valence-corrected chi connectivity index (χ2v) is 6.10. The van der Waals surface area contributed by atoms with Crippen molar-refractivity contribution in [1.29, 1.82) is 0 Å². The van der Waals surface area contributed by atoms with Crippen molar-refractivity contribution >= 4 is 33.6 Å². The maximum absolute atomic E-state index is 12.2. The number of aliphatic imine (C=N–C) groups is 1. The number of amides is 1. The molecular weight excluding hydrogens is 268 g/mol. The summed E-state index contributed by atoms with van der Waals surface area (Å²) in [5.41, 5.74) is 0.673. The molecule has 0 fully saturated rings. The highest BCUT2D eigenvalue weighted by Gasteiger charge is 2.19. The van der Waals surface area contributed by atoms with Crippen LogP contribution < -0.4 is 5.32 Å². The van der Waals surface area contributed by atoms with Crippen LogP contribution in [0.4, 0.5) is 0 Å². The van der Waals surface area contributed by atoms with Gasteiger partial charge in [-0.25, -0.2) is 0 Å². The summed E-state index contributed by atoms with van der Waals surface area (Å²) in [4.78, 5) is 16.6. The number of hydrogen-bond donors (Lipinski definition) is 1. The Kier molecular flexibility index (Phi) is 3.74. The summed E-state index contributed by atoms with van der Waals surface area (Å²) >= 11 is 1.66. The predicted molar refractivity (Wildman–Crippen MR) is 85.4 cm³/mol. The lowest BCUT2D eigenvalue weighted by Gasteiger charge is -2.07. The number of hydrogen-bond acceptors (Lipinski definition) is 3. The van der Waals surface area contributed by atoms with Crippen LogP contribution in [0.15, 0.2) is 47.5 Å². The second kappa shape index (κ2) is 5.67. The molecule has 0 aliphatic carbocycles. The Bertz CT molecular complexity index is 681. The van der Waals surface area contributed by atoms with Gasteiger partial charge in [-0.1, -0.05) is 49.0 Å². The number of thioether (sulfide) groups is 1. The van der Waals surface area contributed by atoms with Crippen LogP contribution in [0.1, 0.15) is 23.7 Å². The minimum atomic E-state index is -0.0845. The smallest absolute Gasteiger partial charge is 0.257 e. The molecule has 1 N–H and O–H groups in total. The normalized spacial score (nSPS) is 18.1. The summed E-state index contributed by atoms with van der Waals surface area (Å²) in [7, 11) is 0. The van der Waals surface area contributed by atoms with Gasteiger partial charge in [0.05, 0.1) is 6.54 Å². The Morgan fingerprint density at radius 3 is 2.85 bits per heavy atom. The minimum Gasteiger partial charge on any atom is -0.301 e. The molecule has 1 heterocycles. The highest BCUT2D eigenvalue weighted by molar-refractivity contribution is 8.14. The van der Waals surface area contributed by atoms with Crippen molar-refractivity contribution in [2.75, 3.05) is 6.54 Å². The summed E-state index contributed by atoms with van der Waals surface area (Å²) in [6.07, 6.45) is 1.07. The molecule has 0 radical (unpaired) electrons. The molecule has 0 saturated carbocycles. The monoisotopic (exact) mass is 284 g/mol. The zero-order valence-electron chi connectivity index (χ0n) is 11.3. The van der Waals surface area contributed by atoms with Crippen molar-refractivity contribution < 1.29 is 4.79 Å². The van der Waals surface area contributed by atoms with Crippen molar-refractivity contribution in [2.24, 2.45) is 4.99 Å². The van der Waals surface area contributed by atoms with Crippen LogP contribution in [-0.4, -0.2) is 22.9 Å². The maximum Gasteiger partial charge on any atom is 0.257 e. The third kappa shape index (κ3) is 2.70. The highest BCUT2D eigenvalue weighted by atomic mass is 32.2. The highest BCUT2D eigenvalue weighted by Crippen LogP contribution is 2.22. The summed E-state index contributed by atoms with van der Waals surface area (Å²) < 4.78 is 0. The number of rotatable bonds is 2. The first-order chi connectivity index (χ1) is 9.76. The number of amidine groups is 1. The van der Waals surface area contributed by atoms with Crippen LogP contribution in [0.25, 0.3) is 10.8 Å². The number of benzene rings is 2. The first-order valence-corrected chi connectivity index (χ1v) is 7.65. The molecule has 1 aliphatic rings. The lowest BCUT2D eigenvalue weighted by atomic mass is 10.1. The van der Waals surface area contributed by atoms with E-state index in [-0.39, 0.29) is 5.91 Å². The van der Waals surface area contributed by atoms with Gasteiger partial charge in [0.25, 0.3) is 5.91 Å². The SMILES string of the molecule is CCC1CN=C(NC(=O)c2ccc3ccccc3c2)S1. The number of nitrogens with zero attached hydrogens (tertiary/aromatic N) is 1. The molecule has 1 atom stereocenters. The number of fused-ring (bicyclic) bond motifs is 1. The van der Waals surface area contributed by atoms with Gasteiger partial charge in [0, 0.05) is 10.8 Å². The molecular formula is C16H16N2OS. The molecule has 2 aromatic carbocycles. The summed E-state index contributed by atoms with van der Waals surface area (Å²) in [6, 6.07) is 13.8. The van der Waals surface area contributed by atoms with Crippen molar-refractivity contribution in [3.05, 3.63) is 48.0 Å². The van der Waals surface area contributed by atoms with E-state index in [1.807, 2.05) is 42.5 Å². The van der Waals surface area contributed by atoms with E-state index in [1.54, 1.807) is 11.8 Å². The molecule has 2 aromatic rings. The summed E-state index contributed by atoms with van der Waals surface area (Å²) in [6.45, 7) is 2.94. The maximum atomic E-state index is 12.2. The van der Waals surface area contributed by atoms with Crippen molar-refractivity contribution in [2.45, 2.75) is 18.6 Å². The minimum absolute atomic E-state index is 0.0845. The van der Waals surface area contributed by atoms with Crippen LogP contribution in [0.3, 0.4) is 0 Å². The molecule has 3 nitrogen and oxygen atoms in total. The lowest BCUT2D eigenvalue weighted by molar-refractivity contribution is 0.0978. The predicted octanol–water partition coefficient (Wildman–Crippen LogP) is 3.45. The van der Waals surface area contributed by atoms with Gasteiger partial charge in [0.2, 0.25) is 0 Å². The standard InChI is InChI=1S/C16H16N2OS/c1-2-14-10-17-16(20-14)18-15(19)13-8-7-11-5-3-4-6-12(11)9-13/h3-9,14H,2,10H2,1H3,(H,17,18,19). The summed E-state index contributed by atoms with van der Waals surface area (Å²) in [5, 5.41) is 6.36. The van der Waals surface area contributed by atoms with E-state index in [9.17, 15) is 4.79 Å². The Labute approximate surface area is 122 Å². The topological polar surface area (TPSA) is 41.5 Å². The first-order valence-electron chi connectivity index (χ1n) is 6.77. The van der Waals surface area contributed by atoms with Crippen LogP contribution in [-0.2, 0) is 0 Å². The fraction of sp³-hybridized carbons (Fsp3) is 0.250. The number of nitrogens with one attached hydrogen (secondary N) is 1. The third-order valence-corrected chi connectivity index (χ3v) is 4.67. The number of carbonyl (C=O) groups excluding carboxylic acids is 1. The number of carbonyl (C=O) groups is 1. The van der Waals surface area contributed by atoms with Crippen LogP contribution in [0.5, 0.6) is 0 Å². The molecule has 0 bridgehead atoms. The Morgan fingerprint density at radius 2 is 2.10 bits per heavy atom. The molecule has 0 saturated heterocycles. The van der Waals surface area contributed by atoms with E-state index in [2.05, 4.69) is 17.2 Å². The zero-order chi connectivity index (χ0) is 13.9. The van der Waals surface area contributed by atoms with Gasteiger partial charge in [-0.15, -0.1) is 0 Å². The lowest BCUT2D eigenvalue weighted by Crippen LogP contribution is -2.27. The third-order valence-electron chi connectivity index (χ3n) is 3.40. The fourth-order valence-corrected chi connectivity index (χ4v) is 3.13. The molecule has 1 amide bonds. The van der Waals surface area contributed by atoms with Crippen LogP contribution in [0, 0.1) is 0 Å². The van der Waals surface area contributed by atoms with Gasteiger partial charge >= 0.3 is 0 Å². The van der Waals surface area contributed by atoms with Crippen molar-refractivity contribution in [1.82, 2.24) is 5.32 Å². The average molecular weight is 284 g/mol. The molecule has 0 aromatic heterocycles. The molecule has 3 rings (SSSR count). The molecule has 1 aliphatic heterocycles. The van der Waals surface area contributed by atoms with Gasteiger partial charge in [-0.05, 0) is 29.3 Å². The van der Waals surface area contributed by atoms with E-state index >= 15 is 0 Å². The van der Waals surface area contributed by atoms with Crippen LogP contribution in [0.2, 0.25) is 0 Å². The Hall–Kier alpha value is -1.81. The molecule has 4 heteroatoms. The van der Waals surface area contributed by atoms with Crippen LogP contribution >= 0.6 is 11.8 Å². The molecule has 0 spiro atoms. The Balaban J connectivity index is 1.76. The largest absolute Gasteiger partial charge is 0.301 e.